The summed E-state index contributed by atoms with van der Waals surface area (Å²) >= 11 is 0. The van der Waals surface area contributed by atoms with Crippen LogP contribution >= 0.6 is 0 Å². The summed E-state index contributed by atoms with van der Waals surface area (Å²) in [5.74, 6) is 1.56. The molecule has 2 fully saturated rings. The maximum Gasteiger partial charge on any atom is 0.407 e. The zero-order chi connectivity index (χ0) is 29.3. The van der Waals surface area contributed by atoms with Crippen LogP contribution in [0.4, 0.5) is 10.5 Å². The summed E-state index contributed by atoms with van der Waals surface area (Å²) in [5.41, 5.74) is 7.56. The Hall–Kier alpha value is -4.03. The van der Waals surface area contributed by atoms with Crippen LogP contribution in [0.3, 0.4) is 0 Å². The summed E-state index contributed by atoms with van der Waals surface area (Å²) in [4.78, 5) is 17.4. The van der Waals surface area contributed by atoms with E-state index in [0.717, 1.165) is 45.6 Å². The van der Waals surface area contributed by atoms with Crippen molar-refractivity contribution in [2.24, 2.45) is 22.9 Å². The summed E-state index contributed by atoms with van der Waals surface area (Å²) < 4.78 is 5.97. The quantitative estimate of drug-likeness (QED) is 0.163. The first kappa shape index (κ1) is 29.5. The molecule has 1 unspecified atom stereocenters. The molecule has 2 saturated heterocycles. The van der Waals surface area contributed by atoms with E-state index in [1.807, 2.05) is 19.2 Å². The van der Waals surface area contributed by atoms with Crippen molar-refractivity contribution >= 4 is 18.1 Å². The molecule has 5 rings (SSSR count). The fraction of sp³-hybridized carbons (Fsp3) is 0.485. The smallest absolute Gasteiger partial charge is 0.407 e. The number of carbonyl (C=O) groups is 1. The van der Waals surface area contributed by atoms with E-state index >= 15 is 0 Å². The van der Waals surface area contributed by atoms with Gasteiger partial charge in [-0.2, -0.15) is 10.4 Å². The lowest BCUT2D eigenvalue weighted by Gasteiger charge is -2.45. The van der Waals surface area contributed by atoms with Gasteiger partial charge in [-0.3, -0.25) is 0 Å². The fourth-order valence-corrected chi connectivity index (χ4v) is 6.87. The normalized spacial score (nSPS) is 22.2. The first-order valence-electron chi connectivity index (χ1n) is 15.1. The van der Waals surface area contributed by atoms with Gasteiger partial charge in [0.25, 0.3) is 0 Å². The lowest BCUT2D eigenvalue weighted by molar-refractivity contribution is 0.0581. The highest BCUT2D eigenvalue weighted by molar-refractivity contribution is 5.67. The highest BCUT2D eigenvalue weighted by Crippen LogP contribution is 2.45. The van der Waals surface area contributed by atoms with E-state index in [-0.39, 0.29) is 24.0 Å². The average Bonchev–Trinajstić information content (AvgIpc) is 3.40. The molecule has 1 aliphatic carbocycles. The number of hydrogen-bond acceptors (Lipinski definition) is 7. The van der Waals surface area contributed by atoms with Gasteiger partial charge in [-0.1, -0.05) is 36.4 Å². The molecule has 42 heavy (non-hydrogen) atoms. The van der Waals surface area contributed by atoms with Crippen LogP contribution in [0, 0.1) is 29.1 Å². The number of hydrazone groups is 1. The lowest BCUT2D eigenvalue weighted by atomic mass is 9.72. The van der Waals surface area contributed by atoms with Crippen LogP contribution in [0.25, 0.3) is 0 Å². The van der Waals surface area contributed by atoms with Gasteiger partial charge in [0, 0.05) is 57.7 Å². The number of nitrogens with zero attached hydrogens (tertiary/aromatic N) is 4. The van der Waals surface area contributed by atoms with E-state index in [0.29, 0.717) is 30.4 Å². The number of nitrogens with one attached hydrogen (secondary N) is 3. The van der Waals surface area contributed by atoms with E-state index in [1.165, 1.54) is 16.8 Å². The number of anilines is 1. The van der Waals surface area contributed by atoms with Crippen molar-refractivity contribution in [2.75, 3.05) is 58.3 Å². The van der Waals surface area contributed by atoms with Gasteiger partial charge < -0.3 is 30.6 Å². The van der Waals surface area contributed by atoms with Crippen molar-refractivity contribution in [1.29, 1.82) is 5.26 Å². The summed E-state index contributed by atoms with van der Waals surface area (Å²) in [6, 6.07) is 20.9. The van der Waals surface area contributed by atoms with Gasteiger partial charge >= 0.3 is 6.09 Å². The average molecular weight is 570 g/mol. The van der Waals surface area contributed by atoms with Crippen molar-refractivity contribution in [3.05, 3.63) is 77.4 Å². The number of carbonyl (C=O) groups excluding carboxylic acids is 1. The van der Waals surface area contributed by atoms with E-state index < -0.39 is 0 Å². The van der Waals surface area contributed by atoms with E-state index in [2.05, 4.69) is 85.6 Å². The molecule has 0 spiro atoms. The first-order chi connectivity index (χ1) is 20.6. The van der Waals surface area contributed by atoms with Crippen LogP contribution in [0.15, 0.2) is 71.3 Å². The van der Waals surface area contributed by atoms with E-state index in [1.54, 1.807) is 13.4 Å². The number of likely N-dealkylation sites (tertiary alicyclic amines) is 1. The van der Waals surface area contributed by atoms with Crippen molar-refractivity contribution < 1.29 is 9.53 Å². The minimum absolute atomic E-state index is 0.110. The minimum Gasteiger partial charge on any atom is -0.445 e. The zero-order valence-corrected chi connectivity index (χ0v) is 24.7. The van der Waals surface area contributed by atoms with Crippen LogP contribution in [-0.2, 0) is 4.74 Å². The van der Waals surface area contributed by atoms with Crippen molar-refractivity contribution in [3.8, 4) is 6.07 Å². The molecule has 3 atom stereocenters. The number of amides is 1. The highest BCUT2D eigenvalue weighted by Gasteiger charge is 2.41. The van der Waals surface area contributed by atoms with Gasteiger partial charge in [-0.05, 0) is 73.2 Å². The standard InChI is InChI=1S/C33H43N7O2/c1-35-23-38-37-19-25-16-30(31(17-25)42-33(41)36-2)32(27-6-4-3-5-7-27)28-12-14-39(15-13-28)20-26-21-40(22-26)29-10-8-24(18-34)9-11-29/h3-11,16,23,26,28,30-32,37H,12-15,17,19-22H2,1-2H3,(H,35,38)(H,36,41)/t30-,31-,32?/m0/s1. The summed E-state index contributed by atoms with van der Waals surface area (Å²) in [6.45, 7) is 6.07. The molecule has 1 amide bonds. The Morgan fingerprint density at radius 2 is 1.86 bits per heavy atom. The Bertz CT molecular complexity index is 1260. The zero-order valence-electron chi connectivity index (χ0n) is 24.7. The topological polar surface area (TPSA) is 105 Å². The first-order valence-corrected chi connectivity index (χ1v) is 15.1. The maximum atomic E-state index is 12.3. The second-order valence-corrected chi connectivity index (χ2v) is 11.7. The largest absolute Gasteiger partial charge is 0.445 e. The molecule has 2 aromatic rings. The van der Waals surface area contributed by atoms with Gasteiger partial charge in [0.05, 0.1) is 18.2 Å². The number of nitriles is 1. The number of hydrogen-bond donors (Lipinski definition) is 3. The molecule has 222 valence electrons. The number of benzene rings is 2. The molecule has 9 nitrogen and oxygen atoms in total. The monoisotopic (exact) mass is 569 g/mol. The second-order valence-electron chi connectivity index (χ2n) is 11.7. The van der Waals surface area contributed by atoms with Gasteiger partial charge in [0.15, 0.2) is 0 Å². The summed E-state index contributed by atoms with van der Waals surface area (Å²) in [6.07, 6.45) is 6.34. The molecule has 0 aromatic heterocycles. The SMILES string of the molecule is CN/C=N\NCC1=C[C@H](C(c2ccccc2)C2CCN(CC3CN(c4ccc(C#N)cc4)C3)CC2)[C@@H](OC(=O)NC)C1. The number of rotatable bonds is 11. The lowest BCUT2D eigenvalue weighted by Crippen LogP contribution is -2.52. The van der Waals surface area contributed by atoms with Gasteiger partial charge in [-0.25, -0.2) is 4.79 Å². The third kappa shape index (κ3) is 7.24. The van der Waals surface area contributed by atoms with Crippen LogP contribution < -0.4 is 21.0 Å². The molecule has 2 aliphatic heterocycles. The molecule has 0 saturated carbocycles. The Morgan fingerprint density at radius 3 is 2.52 bits per heavy atom. The third-order valence-corrected chi connectivity index (χ3v) is 8.95. The fourth-order valence-electron chi connectivity index (χ4n) is 6.87. The highest BCUT2D eigenvalue weighted by atomic mass is 16.6. The molecule has 3 N–H and O–H groups in total. The van der Waals surface area contributed by atoms with Crippen molar-refractivity contribution in [3.63, 3.8) is 0 Å². The molecular weight excluding hydrogens is 526 g/mol. The van der Waals surface area contributed by atoms with Crippen LogP contribution in [0.5, 0.6) is 0 Å². The van der Waals surface area contributed by atoms with Gasteiger partial charge in [0.1, 0.15) is 12.4 Å². The predicted octanol–water partition coefficient (Wildman–Crippen LogP) is 3.91. The summed E-state index contributed by atoms with van der Waals surface area (Å²) in [7, 11) is 3.43. The number of alkyl carbamates (subject to hydrolysis) is 1. The third-order valence-electron chi connectivity index (χ3n) is 8.95. The number of piperidine rings is 1. The van der Waals surface area contributed by atoms with Gasteiger partial charge in [-0.15, -0.1) is 0 Å². The van der Waals surface area contributed by atoms with Crippen LogP contribution in [0.1, 0.15) is 36.3 Å². The van der Waals surface area contributed by atoms with Gasteiger partial charge in [0.2, 0.25) is 0 Å². The van der Waals surface area contributed by atoms with Crippen LogP contribution in [0.2, 0.25) is 0 Å². The molecule has 9 heteroatoms. The molecule has 0 bridgehead atoms. The Balaban J connectivity index is 1.22. The van der Waals surface area contributed by atoms with E-state index in [4.69, 9.17) is 10.00 Å². The maximum absolute atomic E-state index is 12.3. The minimum atomic E-state index is -0.377. The summed E-state index contributed by atoms with van der Waals surface area (Å²) in [5, 5.41) is 18.8. The van der Waals surface area contributed by atoms with Crippen LogP contribution in [-0.4, -0.2) is 76.8 Å². The second kappa shape index (κ2) is 14.2. The van der Waals surface area contributed by atoms with Crippen molar-refractivity contribution in [1.82, 2.24) is 21.0 Å². The number of ether oxygens (including phenoxy) is 1. The Labute approximate surface area is 249 Å². The molecule has 2 aromatic carbocycles. The predicted molar refractivity (Wildman–Crippen MR) is 166 cm³/mol. The molecular formula is C33H43N7O2. The molecule has 2 heterocycles. The molecule has 3 aliphatic rings. The molecule has 0 radical (unpaired) electrons. The Kier molecular flexibility index (Phi) is 9.98. The Morgan fingerprint density at radius 1 is 1.12 bits per heavy atom. The van der Waals surface area contributed by atoms with E-state index in [9.17, 15) is 4.79 Å². The van der Waals surface area contributed by atoms with Crippen molar-refractivity contribution in [2.45, 2.75) is 31.3 Å².